The number of amides is 2. The van der Waals surface area contributed by atoms with E-state index < -0.39 is 31.9 Å². The summed E-state index contributed by atoms with van der Waals surface area (Å²) in [6, 6.07) is 32.4. The van der Waals surface area contributed by atoms with Crippen molar-refractivity contribution in [2.45, 2.75) is 48.6 Å². The van der Waals surface area contributed by atoms with Crippen LogP contribution in [0, 0.1) is 0 Å². The van der Waals surface area contributed by atoms with Crippen LogP contribution in [0.5, 0.6) is 0 Å². The lowest BCUT2D eigenvalue weighted by molar-refractivity contribution is 0.101. The zero-order valence-corrected chi connectivity index (χ0v) is 28.9. The van der Waals surface area contributed by atoms with Crippen LogP contribution in [-0.2, 0) is 32.9 Å². The number of nitrogens with one attached hydrogen (secondary N) is 2. The molecule has 2 N–H and O–H groups in total. The van der Waals surface area contributed by atoms with E-state index in [1.807, 2.05) is 38.1 Å². The number of benzene rings is 5. The molecule has 5 aromatic carbocycles. The van der Waals surface area contributed by atoms with Crippen molar-refractivity contribution in [2.24, 2.45) is 0 Å². The van der Waals surface area contributed by atoms with E-state index in [-0.39, 0.29) is 44.4 Å². The van der Waals surface area contributed by atoms with Gasteiger partial charge in [-0.1, -0.05) is 60.7 Å². The minimum Gasteiger partial charge on any atom is -0.320 e. The van der Waals surface area contributed by atoms with Crippen molar-refractivity contribution in [3.8, 4) is 0 Å². The number of fused-ring (bicyclic) bond motifs is 2. The Balaban J connectivity index is 1.10. The highest BCUT2D eigenvalue weighted by molar-refractivity contribution is 7.93. The lowest BCUT2D eigenvalue weighted by atomic mass is 10.1. The van der Waals surface area contributed by atoms with Crippen molar-refractivity contribution in [3.05, 3.63) is 144 Å². The largest absolute Gasteiger partial charge is 0.320 e. The van der Waals surface area contributed by atoms with Gasteiger partial charge >= 0.3 is 0 Å². The van der Waals surface area contributed by atoms with Crippen molar-refractivity contribution in [2.75, 3.05) is 19.2 Å². The third-order valence-electron chi connectivity index (χ3n) is 9.02. The summed E-state index contributed by atoms with van der Waals surface area (Å²) < 4.78 is 57.9. The Hall–Kier alpha value is -5.46. The highest BCUT2D eigenvalue weighted by atomic mass is 32.2. The number of para-hydroxylation sites is 4. The van der Waals surface area contributed by atoms with E-state index in [9.17, 15) is 26.4 Å². The van der Waals surface area contributed by atoms with Crippen molar-refractivity contribution in [1.82, 2.24) is 0 Å². The zero-order valence-electron chi connectivity index (χ0n) is 27.3. The molecule has 0 radical (unpaired) electrons. The minimum atomic E-state index is -3.97. The molecular weight excluding hydrogens is 673 g/mol. The first-order valence-electron chi connectivity index (χ1n) is 16.1. The van der Waals surface area contributed by atoms with Crippen LogP contribution in [-0.4, -0.2) is 40.7 Å². The summed E-state index contributed by atoms with van der Waals surface area (Å²) in [7, 11) is -7.94. The monoisotopic (exact) mass is 706 g/mol. The smallest absolute Gasteiger partial charge is 0.264 e. The molecule has 0 bridgehead atoms. The van der Waals surface area contributed by atoms with Crippen LogP contribution in [0.1, 0.15) is 45.7 Å². The molecule has 2 atom stereocenters. The van der Waals surface area contributed by atoms with E-state index in [1.165, 1.54) is 57.1 Å². The van der Waals surface area contributed by atoms with Crippen LogP contribution >= 0.6 is 0 Å². The Kier molecular flexibility index (Phi) is 8.44. The Morgan fingerprint density at radius 3 is 1.34 bits per heavy atom. The van der Waals surface area contributed by atoms with Gasteiger partial charge in [0.1, 0.15) is 0 Å². The molecule has 2 aliphatic rings. The molecule has 5 aromatic rings. The summed E-state index contributed by atoms with van der Waals surface area (Å²) in [5, 5.41) is 5.56. The molecular formula is C38H34N4O6S2. The maximum Gasteiger partial charge on any atom is 0.264 e. The van der Waals surface area contributed by atoms with Crippen LogP contribution in [0.4, 0.5) is 22.7 Å². The Morgan fingerprint density at radius 2 is 0.920 bits per heavy atom. The topological polar surface area (TPSA) is 133 Å². The molecule has 2 amide bonds. The average Bonchev–Trinajstić information content (AvgIpc) is 3.65. The predicted octanol–water partition coefficient (Wildman–Crippen LogP) is 6.47. The van der Waals surface area contributed by atoms with Gasteiger partial charge in [-0.25, -0.2) is 16.8 Å². The first kappa shape index (κ1) is 33.1. The van der Waals surface area contributed by atoms with Crippen LogP contribution < -0.4 is 19.2 Å². The van der Waals surface area contributed by atoms with Gasteiger partial charge in [-0.2, -0.15) is 0 Å². The molecule has 254 valence electrons. The Labute approximate surface area is 291 Å². The first-order valence-corrected chi connectivity index (χ1v) is 19.0. The second-order valence-corrected chi connectivity index (χ2v) is 16.1. The van der Waals surface area contributed by atoms with Crippen molar-refractivity contribution in [3.63, 3.8) is 0 Å². The number of carbonyl (C=O) groups excluding carboxylic acids is 2. The number of hydrogen-bond donors (Lipinski definition) is 2. The van der Waals surface area contributed by atoms with Crippen LogP contribution in [0.3, 0.4) is 0 Å². The zero-order chi connectivity index (χ0) is 35.2. The summed E-state index contributed by atoms with van der Waals surface area (Å²) in [4.78, 5) is 26.9. The van der Waals surface area contributed by atoms with Crippen molar-refractivity contribution < 1.29 is 26.4 Å². The first-order chi connectivity index (χ1) is 23.9. The van der Waals surface area contributed by atoms with Crippen molar-refractivity contribution >= 4 is 54.6 Å². The van der Waals surface area contributed by atoms with Gasteiger partial charge in [0.25, 0.3) is 31.9 Å². The van der Waals surface area contributed by atoms with Gasteiger partial charge in [-0.3, -0.25) is 18.2 Å². The molecule has 0 spiro atoms. The predicted molar refractivity (Wildman–Crippen MR) is 194 cm³/mol. The van der Waals surface area contributed by atoms with E-state index in [4.69, 9.17) is 0 Å². The van der Waals surface area contributed by atoms with Gasteiger partial charge in [-0.15, -0.1) is 0 Å². The van der Waals surface area contributed by atoms with E-state index in [0.29, 0.717) is 24.2 Å². The highest BCUT2D eigenvalue weighted by Crippen LogP contribution is 2.38. The SMILES string of the molecule is C[C@H]1Cc2ccccc2N1S(=O)(=O)c1cccc(C(=O)Nc2ccccc2NC(=O)c2cccc(S(=O)(=O)N3c4ccccc4C[C@@H]3C)c2)c1. The summed E-state index contributed by atoms with van der Waals surface area (Å²) in [5.74, 6) is -1.15. The molecule has 0 aliphatic carbocycles. The second kappa shape index (κ2) is 12.8. The van der Waals surface area contributed by atoms with Gasteiger partial charge in [0.15, 0.2) is 0 Å². The lowest BCUT2D eigenvalue weighted by Crippen LogP contribution is -2.35. The standard InChI is InChI=1S/C38H34N4O6S2/c1-25-21-27-11-3-7-19-35(27)41(25)49(45,46)31-15-9-13-29(23-31)37(43)39-33-17-5-6-18-34(33)40-38(44)30-14-10-16-32(24-30)50(47,48)42-26(2)22-28-12-4-8-20-36(28)42/h3-20,23-26H,21-22H2,1-2H3,(H,39,43)(H,40,44)/t25-,26-/m0/s1. The van der Waals surface area contributed by atoms with Gasteiger partial charge in [0.2, 0.25) is 0 Å². The number of anilines is 4. The van der Waals surface area contributed by atoms with Gasteiger partial charge in [-0.05, 0) is 98.5 Å². The maximum absolute atomic E-state index is 13.8. The third kappa shape index (κ3) is 5.90. The van der Waals surface area contributed by atoms with Gasteiger partial charge < -0.3 is 10.6 Å². The third-order valence-corrected chi connectivity index (χ3v) is 12.9. The molecule has 0 fully saturated rings. The number of hydrogen-bond acceptors (Lipinski definition) is 6. The van der Waals surface area contributed by atoms with E-state index >= 15 is 0 Å². The minimum absolute atomic E-state index is 0.0167. The summed E-state index contributed by atoms with van der Waals surface area (Å²) >= 11 is 0. The maximum atomic E-state index is 13.8. The second-order valence-electron chi connectivity index (χ2n) is 12.5. The normalized spacial score (nSPS) is 16.8. The van der Waals surface area contributed by atoms with Crippen molar-refractivity contribution in [1.29, 1.82) is 0 Å². The van der Waals surface area contributed by atoms with Gasteiger partial charge in [0, 0.05) is 23.2 Å². The Morgan fingerprint density at radius 1 is 0.540 bits per heavy atom. The van der Waals surface area contributed by atoms with E-state index in [0.717, 1.165) is 11.1 Å². The fourth-order valence-corrected chi connectivity index (χ4v) is 10.2. The van der Waals surface area contributed by atoms with Gasteiger partial charge in [0.05, 0.1) is 32.5 Å². The summed E-state index contributed by atoms with van der Waals surface area (Å²) in [6.45, 7) is 3.70. The molecule has 0 aromatic heterocycles. The van der Waals surface area contributed by atoms with E-state index in [1.54, 1.807) is 48.5 Å². The number of rotatable bonds is 8. The van der Waals surface area contributed by atoms with E-state index in [2.05, 4.69) is 10.6 Å². The Bertz CT molecular complexity index is 2210. The molecule has 10 nitrogen and oxygen atoms in total. The van der Waals surface area contributed by atoms with Crippen LogP contribution in [0.25, 0.3) is 0 Å². The lowest BCUT2D eigenvalue weighted by Gasteiger charge is -2.24. The fourth-order valence-electron chi connectivity index (χ4n) is 6.72. The van der Waals surface area contributed by atoms with Crippen LogP contribution in [0.2, 0.25) is 0 Å². The molecule has 7 rings (SSSR count). The molecule has 2 heterocycles. The number of nitrogens with zero attached hydrogens (tertiary/aromatic N) is 2. The highest BCUT2D eigenvalue weighted by Gasteiger charge is 2.37. The quantitative estimate of drug-likeness (QED) is 0.190. The summed E-state index contributed by atoms with van der Waals surface area (Å²) in [5.41, 5.74) is 3.90. The van der Waals surface area contributed by atoms with Crippen LogP contribution in [0.15, 0.2) is 131 Å². The molecule has 2 aliphatic heterocycles. The number of sulfonamides is 2. The summed E-state index contributed by atoms with van der Waals surface area (Å²) in [6.07, 6.45) is 1.18. The number of carbonyl (C=O) groups is 2. The molecule has 0 unspecified atom stereocenters. The molecule has 50 heavy (non-hydrogen) atoms. The fraction of sp³-hybridized carbons (Fsp3) is 0.158. The average molecular weight is 707 g/mol. The molecule has 12 heteroatoms. The molecule has 0 saturated carbocycles. The molecule has 0 saturated heterocycles.